The number of carbonyl (C=O) groups is 2. The summed E-state index contributed by atoms with van der Waals surface area (Å²) < 4.78 is 45.4. The molecule has 2 aliphatic rings. The number of likely N-dealkylation sites (tertiary alicyclic amines) is 1. The van der Waals surface area contributed by atoms with E-state index in [1.807, 2.05) is 0 Å². The highest BCUT2D eigenvalue weighted by Crippen LogP contribution is 2.43. The number of carbonyl (C=O) groups excluding carboxylic acids is 2. The Bertz CT molecular complexity index is 637. The van der Waals surface area contributed by atoms with Gasteiger partial charge in [0.1, 0.15) is 11.8 Å². The minimum absolute atomic E-state index is 0.124. The van der Waals surface area contributed by atoms with Gasteiger partial charge in [0.25, 0.3) is 5.91 Å². The van der Waals surface area contributed by atoms with Crippen LogP contribution in [0.15, 0.2) is 16.7 Å². The fourth-order valence-corrected chi connectivity index (χ4v) is 3.25. The molecule has 3 rings (SSSR count). The molecule has 132 valence electrons. The number of hydrogen-bond acceptors (Lipinski definition) is 3. The quantitative estimate of drug-likeness (QED) is 0.917. The maximum absolute atomic E-state index is 13.3. The molecule has 8 heteroatoms. The Hall–Kier alpha value is -1.99. The van der Waals surface area contributed by atoms with Gasteiger partial charge < -0.3 is 14.6 Å². The third kappa shape index (κ3) is 3.42. The SMILES string of the molecule is CC(=O)NC1CCC(C(F)(F)F)N(C(=O)c2ccoc2C2CC2)C1. The Kier molecular flexibility index (Phi) is 4.31. The van der Waals surface area contributed by atoms with E-state index >= 15 is 0 Å². The normalized spacial score (nSPS) is 24.8. The fourth-order valence-electron chi connectivity index (χ4n) is 3.25. The number of furan rings is 1. The van der Waals surface area contributed by atoms with Crippen molar-refractivity contribution in [1.29, 1.82) is 0 Å². The number of rotatable bonds is 3. The predicted molar refractivity (Wildman–Crippen MR) is 78.4 cm³/mol. The molecule has 2 amide bonds. The van der Waals surface area contributed by atoms with E-state index in [1.165, 1.54) is 19.3 Å². The third-order valence-corrected chi connectivity index (χ3v) is 4.50. The molecule has 1 saturated carbocycles. The number of piperidine rings is 1. The molecule has 2 unspecified atom stereocenters. The van der Waals surface area contributed by atoms with E-state index in [-0.39, 0.29) is 36.8 Å². The molecule has 1 saturated heterocycles. The van der Waals surface area contributed by atoms with Crippen LogP contribution in [-0.4, -0.2) is 41.5 Å². The fraction of sp³-hybridized carbons (Fsp3) is 0.625. The van der Waals surface area contributed by atoms with Crippen LogP contribution < -0.4 is 5.32 Å². The maximum atomic E-state index is 13.3. The first-order valence-electron chi connectivity index (χ1n) is 7.99. The third-order valence-electron chi connectivity index (χ3n) is 4.50. The molecular weight excluding hydrogens is 325 g/mol. The number of nitrogens with zero attached hydrogens (tertiary/aromatic N) is 1. The first-order valence-corrected chi connectivity index (χ1v) is 7.99. The van der Waals surface area contributed by atoms with E-state index in [0.29, 0.717) is 5.76 Å². The summed E-state index contributed by atoms with van der Waals surface area (Å²) in [7, 11) is 0. The Morgan fingerprint density at radius 2 is 1.96 bits per heavy atom. The lowest BCUT2D eigenvalue weighted by molar-refractivity contribution is -0.184. The summed E-state index contributed by atoms with van der Waals surface area (Å²) in [5.41, 5.74) is 0.204. The molecule has 1 aliphatic carbocycles. The smallest absolute Gasteiger partial charge is 0.408 e. The number of hydrogen-bond donors (Lipinski definition) is 1. The molecule has 1 aromatic heterocycles. The van der Waals surface area contributed by atoms with Gasteiger partial charge in [0.15, 0.2) is 0 Å². The van der Waals surface area contributed by atoms with Crippen molar-refractivity contribution in [2.24, 2.45) is 0 Å². The van der Waals surface area contributed by atoms with E-state index in [4.69, 9.17) is 4.42 Å². The molecule has 24 heavy (non-hydrogen) atoms. The zero-order chi connectivity index (χ0) is 17.5. The van der Waals surface area contributed by atoms with Gasteiger partial charge in [0, 0.05) is 25.4 Å². The topological polar surface area (TPSA) is 62.6 Å². The molecule has 1 aromatic rings. The van der Waals surface area contributed by atoms with Crippen LogP contribution in [0, 0.1) is 0 Å². The lowest BCUT2D eigenvalue weighted by atomic mass is 9.96. The molecule has 2 atom stereocenters. The summed E-state index contributed by atoms with van der Waals surface area (Å²) in [6.07, 6.45) is -1.43. The highest BCUT2D eigenvalue weighted by Gasteiger charge is 2.49. The van der Waals surface area contributed by atoms with Gasteiger partial charge >= 0.3 is 6.18 Å². The number of amides is 2. The molecule has 0 bridgehead atoms. The van der Waals surface area contributed by atoms with Crippen molar-refractivity contribution in [3.63, 3.8) is 0 Å². The molecule has 1 N–H and O–H groups in total. The van der Waals surface area contributed by atoms with Crippen LogP contribution in [0.2, 0.25) is 0 Å². The Labute approximate surface area is 137 Å². The Morgan fingerprint density at radius 3 is 2.54 bits per heavy atom. The van der Waals surface area contributed by atoms with E-state index in [2.05, 4.69) is 5.32 Å². The van der Waals surface area contributed by atoms with E-state index in [1.54, 1.807) is 0 Å². The average molecular weight is 344 g/mol. The standard InChI is InChI=1S/C16H19F3N2O3/c1-9(22)20-11-4-5-13(16(17,18)19)21(8-11)15(23)12-6-7-24-14(12)10-2-3-10/h6-7,10-11,13H,2-5,8H2,1H3,(H,20,22). The summed E-state index contributed by atoms with van der Waals surface area (Å²) in [4.78, 5) is 24.8. The van der Waals surface area contributed by atoms with Crippen molar-refractivity contribution in [2.45, 2.75) is 56.8 Å². The van der Waals surface area contributed by atoms with Crippen molar-refractivity contribution >= 4 is 11.8 Å². The van der Waals surface area contributed by atoms with Gasteiger partial charge in [-0.15, -0.1) is 0 Å². The monoisotopic (exact) mass is 344 g/mol. The van der Waals surface area contributed by atoms with Crippen LogP contribution in [0.4, 0.5) is 13.2 Å². The molecule has 0 spiro atoms. The zero-order valence-electron chi connectivity index (χ0n) is 13.2. The minimum Gasteiger partial charge on any atom is -0.468 e. The molecule has 1 aliphatic heterocycles. The molecule has 2 heterocycles. The molecule has 5 nitrogen and oxygen atoms in total. The van der Waals surface area contributed by atoms with Crippen LogP contribution in [0.1, 0.15) is 54.6 Å². The van der Waals surface area contributed by atoms with Crippen molar-refractivity contribution in [1.82, 2.24) is 10.2 Å². The zero-order valence-corrected chi connectivity index (χ0v) is 13.2. The maximum Gasteiger partial charge on any atom is 0.408 e. The van der Waals surface area contributed by atoms with Gasteiger partial charge in [0.05, 0.1) is 11.8 Å². The summed E-state index contributed by atoms with van der Waals surface area (Å²) in [6, 6.07) is -0.871. The van der Waals surface area contributed by atoms with Crippen molar-refractivity contribution < 1.29 is 27.2 Å². The van der Waals surface area contributed by atoms with Gasteiger partial charge in [0.2, 0.25) is 5.91 Å². The second-order valence-electron chi connectivity index (χ2n) is 6.46. The van der Waals surface area contributed by atoms with E-state index in [0.717, 1.165) is 17.7 Å². The van der Waals surface area contributed by atoms with Crippen LogP contribution in [0.5, 0.6) is 0 Å². The van der Waals surface area contributed by atoms with Crippen LogP contribution >= 0.6 is 0 Å². The minimum atomic E-state index is -4.50. The van der Waals surface area contributed by atoms with E-state index in [9.17, 15) is 22.8 Å². The Balaban J connectivity index is 1.85. The molecule has 0 aromatic carbocycles. The predicted octanol–water partition coefficient (Wildman–Crippen LogP) is 2.83. The second kappa shape index (κ2) is 6.14. The largest absolute Gasteiger partial charge is 0.468 e. The van der Waals surface area contributed by atoms with Crippen molar-refractivity contribution in [2.75, 3.05) is 6.54 Å². The highest BCUT2D eigenvalue weighted by molar-refractivity contribution is 5.96. The average Bonchev–Trinajstić information content (AvgIpc) is 3.22. The number of nitrogens with one attached hydrogen (secondary N) is 1. The van der Waals surface area contributed by atoms with E-state index < -0.39 is 24.2 Å². The lowest BCUT2D eigenvalue weighted by Gasteiger charge is -2.40. The molecular formula is C16H19F3N2O3. The summed E-state index contributed by atoms with van der Waals surface area (Å²) in [6.45, 7) is 1.15. The molecule has 2 fully saturated rings. The summed E-state index contributed by atoms with van der Waals surface area (Å²) >= 11 is 0. The summed E-state index contributed by atoms with van der Waals surface area (Å²) in [5.74, 6) is -0.398. The van der Waals surface area contributed by atoms with Gasteiger partial charge in [-0.3, -0.25) is 9.59 Å². The Morgan fingerprint density at radius 1 is 1.25 bits per heavy atom. The number of halogens is 3. The second-order valence-corrected chi connectivity index (χ2v) is 6.46. The highest BCUT2D eigenvalue weighted by atomic mass is 19.4. The van der Waals surface area contributed by atoms with Crippen LogP contribution in [-0.2, 0) is 4.79 Å². The van der Waals surface area contributed by atoms with Crippen molar-refractivity contribution in [3.8, 4) is 0 Å². The first kappa shape index (κ1) is 16.9. The lowest BCUT2D eigenvalue weighted by Crippen LogP contribution is -2.58. The first-order chi connectivity index (χ1) is 11.3. The van der Waals surface area contributed by atoms with Gasteiger partial charge in [-0.25, -0.2) is 0 Å². The molecule has 0 radical (unpaired) electrons. The van der Waals surface area contributed by atoms with Crippen LogP contribution in [0.25, 0.3) is 0 Å². The van der Waals surface area contributed by atoms with Gasteiger partial charge in [-0.2, -0.15) is 13.2 Å². The van der Waals surface area contributed by atoms with Gasteiger partial charge in [-0.1, -0.05) is 0 Å². The van der Waals surface area contributed by atoms with Crippen LogP contribution in [0.3, 0.4) is 0 Å². The number of alkyl halides is 3. The summed E-state index contributed by atoms with van der Waals surface area (Å²) in [5, 5.41) is 2.61. The van der Waals surface area contributed by atoms with Gasteiger partial charge in [-0.05, 0) is 31.7 Å². The van der Waals surface area contributed by atoms with Crippen molar-refractivity contribution in [3.05, 3.63) is 23.7 Å².